The van der Waals surface area contributed by atoms with E-state index in [0.29, 0.717) is 0 Å². The normalized spacial score (nSPS) is 11.1. The molecular weight excluding hydrogens is 209 g/mol. The zero-order chi connectivity index (χ0) is 11.5. The number of nitrogens with two attached hydrogens (primary N) is 1. The lowest BCUT2D eigenvalue weighted by molar-refractivity contribution is -0.141. The highest BCUT2D eigenvalue weighted by Gasteiger charge is 2.33. The smallest absolute Gasteiger partial charge is 0.433 e. The van der Waals surface area contributed by atoms with Gasteiger partial charge in [0.1, 0.15) is 12.3 Å². The average molecular weight is 218 g/mol. The highest BCUT2D eigenvalue weighted by atomic mass is 19.4. The topological polar surface area (TPSA) is 48.1 Å². The van der Waals surface area contributed by atoms with Gasteiger partial charge in [-0.25, -0.2) is 4.98 Å². The Morgan fingerprint density at radius 3 is 2.67 bits per heavy atom. The number of rotatable bonds is 3. The molecule has 6 heteroatoms. The zero-order valence-electron chi connectivity index (χ0n) is 7.71. The largest absolute Gasteiger partial charge is 0.472 e. The quantitative estimate of drug-likeness (QED) is 0.791. The van der Waals surface area contributed by atoms with Crippen LogP contribution in [0.15, 0.2) is 24.8 Å². The summed E-state index contributed by atoms with van der Waals surface area (Å²) in [5.74, 6) is -0.232. The standard InChI is InChI=1S/C9H9F3N2O/c1-2-5-15-8-6(13)3-4-7(14-8)9(10,11)12/h2-4H,1,5,13H2. The van der Waals surface area contributed by atoms with Crippen molar-refractivity contribution in [3.05, 3.63) is 30.5 Å². The summed E-state index contributed by atoms with van der Waals surface area (Å²) in [7, 11) is 0. The molecule has 1 heterocycles. The van der Waals surface area contributed by atoms with E-state index in [2.05, 4.69) is 11.6 Å². The van der Waals surface area contributed by atoms with Gasteiger partial charge in [-0.05, 0) is 12.1 Å². The molecule has 0 aliphatic carbocycles. The van der Waals surface area contributed by atoms with Crippen LogP contribution in [0.4, 0.5) is 18.9 Å². The monoisotopic (exact) mass is 218 g/mol. The molecule has 0 aromatic carbocycles. The molecule has 0 radical (unpaired) electrons. The fraction of sp³-hybridized carbons (Fsp3) is 0.222. The molecular formula is C9H9F3N2O. The van der Waals surface area contributed by atoms with Crippen molar-refractivity contribution in [3.8, 4) is 5.88 Å². The van der Waals surface area contributed by atoms with Gasteiger partial charge >= 0.3 is 6.18 Å². The first kappa shape index (κ1) is 11.4. The first-order valence-corrected chi connectivity index (χ1v) is 4.02. The van der Waals surface area contributed by atoms with Crippen LogP contribution in [0, 0.1) is 0 Å². The lowest BCUT2D eigenvalue weighted by Crippen LogP contribution is -2.10. The predicted octanol–water partition coefficient (Wildman–Crippen LogP) is 2.25. The first-order valence-electron chi connectivity index (χ1n) is 4.02. The van der Waals surface area contributed by atoms with Crippen LogP contribution >= 0.6 is 0 Å². The third-order valence-corrected chi connectivity index (χ3v) is 1.52. The second-order valence-electron chi connectivity index (χ2n) is 2.69. The molecule has 0 saturated carbocycles. The minimum absolute atomic E-state index is 0.0541. The molecule has 0 amide bonds. The predicted molar refractivity (Wildman–Crippen MR) is 49.3 cm³/mol. The van der Waals surface area contributed by atoms with Crippen LogP contribution in [-0.2, 0) is 6.18 Å². The molecule has 0 unspecified atom stereocenters. The number of aromatic nitrogens is 1. The van der Waals surface area contributed by atoms with E-state index in [-0.39, 0.29) is 18.2 Å². The van der Waals surface area contributed by atoms with Crippen LogP contribution in [0.3, 0.4) is 0 Å². The van der Waals surface area contributed by atoms with Crippen molar-refractivity contribution in [2.24, 2.45) is 0 Å². The van der Waals surface area contributed by atoms with Crippen LogP contribution in [0.5, 0.6) is 5.88 Å². The minimum atomic E-state index is -4.50. The molecule has 0 atom stereocenters. The van der Waals surface area contributed by atoms with Crippen LogP contribution < -0.4 is 10.5 Å². The zero-order valence-corrected chi connectivity index (χ0v) is 7.71. The van der Waals surface area contributed by atoms with Crippen molar-refractivity contribution in [3.63, 3.8) is 0 Å². The molecule has 0 fully saturated rings. The summed E-state index contributed by atoms with van der Waals surface area (Å²) in [6.45, 7) is 3.41. The molecule has 2 N–H and O–H groups in total. The molecule has 82 valence electrons. The average Bonchev–Trinajstić information content (AvgIpc) is 2.15. The number of ether oxygens (including phenoxy) is 1. The maximum absolute atomic E-state index is 12.2. The SMILES string of the molecule is C=CCOc1nc(C(F)(F)F)ccc1N. The summed E-state index contributed by atoms with van der Waals surface area (Å²) in [5.41, 5.74) is 4.41. The van der Waals surface area contributed by atoms with E-state index in [9.17, 15) is 13.2 Å². The Balaban J connectivity index is 3.00. The van der Waals surface area contributed by atoms with Gasteiger partial charge < -0.3 is 10.5 Å². The van der Waals surface area contributed by atoms with Crippen molar-refractivity contribution in [1.82, 2.24) is 4.98 Å². The van der Waals surface area contributed by atoms with Gasteiger partial charge in [-0.2, -0.15) is 13.2 Å². The van der Waals surface area contributed by atoms with Gasteiger partial charge in [-0.15, -0.1) is 0 Å². The highest BCUT2D eigenvalue weighted by Crippen LogP contribution is 2.30. The summed E-state index contributed by atoms with van der Waals surface area (Å²) < 4.78 is 41.6. The maximum atomic E-state index is 12.2. The van der Waals surface area contributed by atoms with E-state index >= 15 is 0 Å². The number of alkyl halides is 3. The van der Waals surface area contributed by atoms with Gasteiger partial charge in [-0.1, -0.05) is 12.7 Å². The second kappa shape index (κ2) is 4.20. The Labute approximate surface area is 84.4 Å². The molecule has 0 spiro atoms. The summed E-state index contributed by atoms with van der Waals surface area (Å²) >= 11 is 0. The third kappa shape index (κ3) is 2.87. The molecule has 1 rings (SSSR count). The number of nitrogen functional groups attached to an aromatic ring is 1. The van der Waals surface area contributed by atoms with E-state index in [4.69, 9.17) is 10.5 Å². The number of pyridine rings is 1. The molecule has 0 aliphatic heterocycles. The van der Waals surface area contributed by atoms with Gasteiger partial charge in [0.25, 0.3) is 0 Å². The van der Waals surface area contributed by atoms with Crippen molar-refractivity contribution in [2.75, 3.05) is 12.3 Å². The summed E-state index contributed by atoms with van der Waals surface area (Å²) in [6, 6.07) is 1.91. The van der Waals surface area contributed by atoms with Gasteiger partial charge in [-0.3, -0.25) is 0 Å². The van der Waals surface area contributed by atoms with Crippen molar-refractivity contribution >= 4 is 5.69 Å². The maximum Gasteiger partial charge on any atom is 0.433 e. The van der Waals surface area contributed by atoms with Crippen molar-refractivity contribution in [1.29, 1.82) is 0 Å². The lowest BCUT2D eigenvalue weighted by Gasteiger charge is -2.09. The van der Waals surface area contributed by atoms with Crippen molar-refractivity contribution in [2.45, 2.75) is 6.18 Å². The van der Waals surface area contributed by atoms with E-state index in [1.807, 2.05) is 0 Å². The summed E-state index contributed by atoms with van der Waals surface area (Å²) in [5, 5.41) is 0. The van der Waals surface area contributed by atoms with Crippen molar-refractivity contribution < 1.29 is 17.9 Å². The second-order valence-corrected chi connectivity index (χ2v) is 2.69. The van der Waals surface area contributed by atoms with Crippen LogP contribution in [0.1, 0.15) is 5.69 Å². The molecule has 0 aliphatic rings. The van der Waals surface area contributed by atoms with E-state index in [0.717, 1.165) is 12.1 Å². The first-order chi connectivity index (χ1) is 6.95. The van der Waals surface area contributed by atoms with Gasteiger partial charge in [0, 0.05) is 0 Å². The Morgan fingerprint density at radius 2 is 2.13 bits per heavy atom. The number of halogens is 3. The number of hydrogen-bond donors (Lipinski definition) is 1. The van der Waals surface area contributed by atoms with Gasteiger partial charge in [0.05, 0.1) is 5.69 Å². The van der Waals surface area contributed by atoms with Gasteiger partial charge in [0.2, 0.25) is 5.88 Å². The fourth-order valence-corrected chi connectivity index (χ4v) is 0.863. The van der Waals surface area contributed by atoms with Gasteiger partial charge in [0.15, 0.2) is 0 Å². The molecule has 15 heavy (non-hydrogen) atoms. The molecule has 1 aromatic heterocycles. The van der Waals surface area contributed by atoms with Crippen LogP contribution in [-0.4, -0.2) is 11.6 Å². The highest BCUT2D eigenvalue weighted by molar-refractivity contribution is 5.48. The van der Waals surface area contributed by atoms with Crippen LogP contribution in [0.2, 0.25) is 0 Å². The van der Waals surface area contributed by atoms with Crippen LogP contribution in [0.25, 0.3) is 0 Å². The molecule has 3 nitrogen and oxygen atoms in total. The Kier molecular flexibility index (Phi) is 3.18. The molecule has 0 bridgehead atoms. The summed E-state index contributed by atoms with van der Waals surface area (Å²) in [4.78, 5) is 3.26. The minimum Gasteiger partial charge on any atom is -0.472 e. The third-order valence-electron chi connectivity index (χ3n) is 1.52. The summed E-state index contributed by atoms with van der Waals surface area (Å²) in [6.07, 6.45) is -3.11. The number of anilines is 1. The lowest BCUT2D eigenvalue weighted by atomic mass is 10.3. The fourth-order valence-electron chi connectivity index (χ4n) is 0.863. The number of nitrogens with zero attached hydrogens (tertiary/aromatic N) is 1. The Bertz CT molecular complexity index is 363. The Morgan fingerprint density at radius 1 is 1.47 bits per heavy atom. The molecule has 0 saturated heterocycles. The Hall–Kier alpha value is -1.72. The van der Waals surface area contributed by atoms with E-state index in [1.165, 1.54) is 6.08 Å². The van der Waals surface area contributed by atoms with E-state index < -0.39 is 11.9 Å². The number of hydrogen-bond acceptors (Lipinski definition) is 3. The molecule has 1 aromatic rings. The van der Waals surface area contributed by atoms with E-state index in [1.54, 1.807) is 0 Å².